The van der Waals surface area contributed by atoms with E-state index in [9.17, 15) is 22.0 Å². The standard InChI is InChI=1S/C21H26F2N2O3S/c1-6-20(17-9-7-13(2)11-14(17)3)24-21(26)15(4)25(29(5,27)28)16-8-10-18(22)19(23)12-16/h7-12,15,20H,6H2,1-5H3,(H,24,26). The molecule has 0 aromatic heterocycles. The van der Waals surface area contributed by atoms with Gasteiger partial charge in [-0.1, -0.05) is 30.7 Å². The van der Waals surface area contributed by atoms with Crippen molar-refractivity contribution in [2.24, 2.45) is 0 Å². The summed E-state index contributed by atoms with van der Waals surface area (Å²) in [5.74, 6) is -2.82. The van der Waals surface area contributed by atoms with Crippen molar-refractivity contribution in [3.8, 4) is 0 Å². The summed E-state index contributed by atoms with van der Waals surface area (Å²) < 4.78 is 52.4. The normalized spacial score (nSPS) is 13.6. The van der Waals surface area contributed by atoms with Crippen molar-refractivity contribution in [3.05, 3.63) is 64.7 Å². The predicted molar refractivity (Wildman–Crippen MR) is 110 cm³/mol. The number of anilines is 1. The average molecular weight is 425 g/mol. The second-order valence-electron chi connectivity index (χ2n) is 7.16. The zero-order valence-corrected chi connectivity index (χ0v) is 18.0. The molecule has 0 saturated carbocycles. The molecule has 2 rings (SSSR count). The third kappa shape index (κ3) is 5.32. The largest absolute Gasteiger partial charge is 0.347 e. The number of benzene rings is 2. The molecule has 0 aliphatic rings. The third-order valence-corrected chi connectivity index (χ3v) is 6.01. The molecule has 0 aliphatic heterocycles. The molecule has 2 atom stereocenters. The van der Waals surface area contributed by atoms with Gasteiger partial charge in [0, 0.05) is 6.07 Å². The van der Waals surface area contributed by atoms with Gasteiger partial charge in [0.15, 0.2) is 11.6 Å². The maximum absolute atomic E-state index is 13.7. The van der Waals surface area contributed by atoms with Gasteiger partial charge in [0.1, 0.15) is 6.04 Å². The summed E-state index contributed by atoms with van der Waals surface area (Å²) in [6, 6.07) is 7.16. The molecule has 0 fully saturated rings. The van der Waals surface area contributed by atoms with E-state index in [0.29, 0.717) is 6.42 Å². The van der Waals surface area contributed by atoms with Gasteiger partial charge < -0.3 is 5.32 Å². The molecule has 2 aromatic carbocycles. The van der Waals surface area contributed by atoms with Crippen LogP contribution >= 0.6 is 0 Å². The quantitative estimate of drug-likeness (QED) is 0.731. The lowest BCUT2D eigenvalue weighted by Crippen LogP contribution is -2.48. The molecular weight excluding hydrogens is 398 g/mol. The molecule has 0 bridgehead atoms. The highest BCUT2D eigenvalue weighted by Gasteiger charge is 2.31. The molecule has 0 spiro atoms. The third-order valence-electron chi connectivity index (χ3n) is 4.77. The highest BCUT2D eigenvalue weighted by atomic mass is 32.2. The number of amides is 1. The average Bonchev–Trinajstić information content (AvgIpc) is 2.62. The van der Waals surface area contributed by atoms with E-state index in [1.807, 2.05) is 39.0 Å². The number of carbonyl (C=O) groups is 1. The highest BCUT2D eigenvalue weighted by molar-refractivity contribution is 7.92. The molecule has 5 nitrogen and oxygen atoms in total. The van der Waals surface area contributed by atoms with Crippen molar-refractivity contribution in [1.82, 2.24) is 5.32 Å². The van der Waals surface area contributed by atoms with Gasteiger partial charge in [-0.2, -0.15) is 0 Å². The monoisotopic (exact) mass is 424 g/mol. The first kappa shape index (κ1) is 22.8. The van der Waals surface area contributed by atoms with Gasteiger partial charge in [0.2, 0.25) is 15.9 Å². The summed E-state index contributed by atoms with van der Waals surface area (Å²) >= 11 is 0. The fourth-order valence-corrected chi connectivity index (χ4v) is 4.51. The van der Waals surface area contributed by atoms with Crippen LogP contribution in [0.1, 0.15) is 43.0 Å². The highest BCUT2D eigenvalue weighted by Crippen LogP contribution is 2.25. The number of sulfonamides is 1. The molecular formula is C21H26F2N2O3S. The lowest BCUT2D eigenvalue weighted by Gasteiger charge is -2.30. The number of carbonyl (C=O) groups excluding carboxylic acids is 1. The molecule has 1 N–H and O–H groups in total. The SMILES string of the molecule is CCC(NC(=O)C(C)N(c1ccc(F)c(F)c1)S(C)(=O)=O)c1ccc(C)cc1C. The number of aryl methyl sites for hydroxylation is 2. The van der Waals surface area contributed by atoms with E-state index in [1.54, 1.807) is 0 Å². The van der Waals surface area contributed by atoms with Crippen LogP contribution in [0.3, 0.4) is 0 Å². The first-order valence-corrected chi connectivity index (χ1v) is 11.1. The molecule has 0 radical (unpaired) electrons. The second-order valence-corrected chi connectivity index (χ2v) is 9.02. The molecule has 2 unspecified atom stereocenters. The van der Waals surface area contributed by atoms with E-state index < -0.39 is 33.6 Å². The fraction of sp³-hybridized carbons (Fsp3) is 0.381. The van der Waals surface area contributed by atoms with Crippen molar-refractivity contribution >= 4 is 21.6 Å². The van der Waals surface area contributed by atoms with Crippen molar-refractivity contribution < 1.29 is 22.0 Å². The minimum atomic E-state index is -3.93. The molecule has 2 aromatic rings. The summed E-state index contributed by atoms with van der Waals surface area (Å²) in [5, 5.41) is 2.88. The molecule has 158 valence electrons. The Morgan fingerprint density at radius 1 is 1.10 bits per heavy atom. The first-order chi connectivity index (χ1) is 13.5. The summed E-state index contributed by atoms with van der Waals surface area (Å²) in [7, 11) is -3.93. The number of nitrogens with zero attached hydrogens (tertiary/aromatic N) is 1. The predicted octanol–water partition coefficient (Wildman–Crippen LogP) is 4.00. The Labute approximate surface area is 170 Å². The van der Waals surface area contributed by atoms with Crippen LogP contribution in [0.15, 0.2) is 36.4 Å². The van der Waals surface area contributed by atoms with Crippen LogP contribution in [0.5, 0.6) is 0 Å². The number of nitrogens with one attached hydrogen (secondary N) is 1. The van der Waals surface area contributed by atoms with Gasteiger partial charge in [-0.25, -0.2) is 17.2 Å². The Morgan fingerprint density at radius 2 is 1.76 bits per heavy atom. The Balaban J connectivity index is 2.34. The lowest BCUT2D eigenvalue weighted by atomic mass is 9.97. The summed E-state index contributed by atoms with van der Waals surface area (Å²) in [4.78, 5) is 12.9. The van der Waals surface area contributed by atoms with E-state index >= 15 is 0 Å². The topological polar surface area (TPSA) is 66.5 Å². The van der Waals surface area contributed by atoms with E-state index in [-0.39, 0.29) is 11.7 Å². The maximum atomic E-state index is 13.7. The van der Waals surface area contributed by atoms with E-state index in [1.165, 1.54) is 6.92 Å². The number of halogens is 2. The van der Waals surface area contributed by atoms with Gasteiger partial charge in [-0.3, -0.25) is 9.10 Å². The maximum Gasteiger partial charge on any atom is 0.244 e. The number of hydrogen-bond donors (Lipinski definition) is 1. The fourth-order valence-electron chi connectivity index (χ4n) is 3.34. The van der Waals surface area contributed by atoms with Crippen molar-refractivity contribution in [2.45, 2.75) is 46.2 Å². The van der Waals surface area contributed by atoms with Crippen molar-refractivity contribution in [1.29, 1.82) is 0 Å². The van der Waals surface area contributed by atoms with Crippen LogP contribution in [-0.4, -0.2) is 26.6 Å². The first-order valence-electron chi connectivity index (χ1n) is 9.27. The van der Waals surface area contributed by atoms with E-state index in [0.717, 1.165) is 45.5 Å². The molecule has 8 heteroatoms. The van der Waals surface area contributed by atoms with E-state index in [4.69, 9.17) is 0 Å². The Morgan fingerprint density at radius 3 is 2.28 bits per heavy atom. The summed E-state index contributed by atoms with van der Waals surface area (Å²) in [6.45, 7) is 7.25. The zero-order valence-electron chi connectivity index (χ0n) is 17.2. The van der Waals surface area contributed by atoms with Gasteiger partial charge in [-0.05, 0) is 50.5 Å². The van der Waals surface area contributed by atoms with Gasteiger partial charge >= 0.3 is 0 Å². The van der Waals surface area contributed by atoms with Crippen molar-refractivity contribution in [3.63, 3.8) is 0 Å². The minimum Gasteiger partial charge on any atom is -0.347 e. The van der Waals surface area contributed by atoms with Crippen LogP contribution in [-0.2, 0) is 14.8 Å². The van der Waals surface area contributed by atoms with Crippen molar-refractivity contribution in [2.75, 3.05) is 10.6 Å². The van der Waals surface area contributed by atoms with Crippen LogP contribution in [0, 0.1) is 25.5 Å². The van der Waals surface area contributed by atoms with Crippen LogP contribution < -0.4 is 9.62 Å². The lowest BCUT2D eigenvalue weighted by molar-refractivity contribution is -0.122. The summed E-state index contributed by atoms with van der Waals surface area (Å²) in [6.07, 6.45) is 1.52. The Hall–Kier alpha value is -2.48. The molecule has 1 amide bonds. The number of hydrogen-bond acceptors (Lipinski definition) is 3. The smallest absolute Gasteiger partial charge is 0.244 e. The number of rotatable bonds is 7. The van der Waals surface area contributed by atoms with E-state index in [2.05, 4.69) is 5.32 Å². The molecule has 0 saturated heterocycles. The summed E-state index contributed by atoms with van der Waals surface area (Å²) in [5.41, 5.74) is 2.94. The van der Waals surface area contributed by atoms with Crippen LogP contribution in [0.2, 0.25) is 0 Å². The Bertz CT molecular complexity index is 1010. The molecule has 0 aliphatic carbocycles. The van der Waals surface area contributed by atoms with Gasteiger partial charge in [0.25, 0.3) is 0 Å². The zero-order chi connectivity index (χ0) is 21.9. The van der Waals surface area contributed by atoms with Gasteiger partial charge in [0.05, 0.1) is 18.0 Å². The second kappa shape index (κ2) is 8.90. The van der Waals surface area contributed by atoms with Gasteiger partial charge in [-0.15, -0.1) is 0 Å². The minimum absolute atomic E-state index is 0.117. The molecule has 0 heterocycles. The van der Waals surface area contributed by atoms with Crippen LogP contribution in [0.25, 0.3) is 0 Å². The van der Waals surface area contributed by atoms with Crippen LogP contribution in [0.4, 0.5) is 14.5 Å². The Kier molecular flexibility index (Phi) is 7.00. The molecule has 29 heavy (non-hydrogen) atoms.